The van der Waals surface area contributed by atoms with Crippen molar-refractivity contribution in [3.05, 3.63) is 17.0 Å². The molecule has 3 N–H and O–H groups in total. The van der Waals surface area contributed by atoms with Gasteiger partial charge in [0, 0.05) is 13.1 Å². The first-order valence-corrected chi connectivity index (χ1v) is 7.73. The number of piperidine rings is 1. The van der Waals surface area contributed by atoms with Crippen molar-refractivity contribution in [3.63, 3.8) is 0 Å². The maximum absolute atomic E-state index is 12.1. The Hall–Kier alpha value is -1.40. The van der Waals surface area contributed by atoms with E-state index < -0.39 is 5.91 Å². The van der Waals surface area contributed by atoms with Gasteiger partial charge in [0.2, 0.25) is 5.91 Å². The van der Waals surface area contributed by atoms with Crippen LogP contribution in [-0.2, 0) is 4.79 Å². The fraction of sp³-hybridized carbons (Fsp3) is 0.571. The molecule has 0 aromatic carbocycles. The minimum atomic E-state index is -0.512. The van der Waals surface area contributed by atoms with Crippen molar-refractivity contribution < 1.29 is 9.59 Å². The molecule has 0 radical (unpaired) electrons. The van der Waals surface area contributed by atoms with Crippen molar-refractivity contribution in [2.75, 3.05) is 25.0 Å². The van der Waals surface area contributed by atoms with E-state index in [1.165, 1.54) is 17.8 Å². The molecule has 2 rings (SSSR count). The molecule has 0 aliphatic carbocycles. The highest BCUT2D eigenvalue weighted by Crippen LogP contribution is 2.23. The van der Waals surface area contributed by atoms with Crippen molar-refractivity contribution in [2.24, 2.45) is 17.6 Å². The third-order valence-electron chi connectivity index (χ3n) is 3.50. The highest BCUT2D eigenvalue weighted by atomic mass is 32.1. The number of carbonyl (C=O) groups is 2. The first-order chi connectivity index (χ1) is 9.45. The van der Waals surface area contributed by atoms with Crippen LogP contribution in [0.3, 0.4) is 0 Å². The first-order valence-electron chi connectivity index (χ1n) is 6.85. The molecule has 2 heterocycles. The van der Waals surface area contributed by atoms with Gasteiger partial charge in [0.05, 0.1) is 12.1 Å². The second kappa shape index (κ2) is 6.37. The van der Waals surface area contributed by atoms with E-state index in [2.05, 4.69) is 24.1 Å². The number of hydrogen-bond donors (Lipinski definition) is 2. The standard InChI is InChI=1S/C14H21N3O2S/c1-9-5-10(2)7-17(6-9)8-12(18)16-14-11(13(15)19)3-4-20-14/h3-4,9-10H,5-8H2,1-2H3,(H2,15,19)(H,16,18)/t9-,10+. The Morgan fingerprint density at radius 1 is 1.40 bits per heavy atom. The minimum absolute atomic E-state index is 0.0868. The number of hydrogen-bond acceptors (Lipinski definition) is 4. The Bertz CT molecular complexity index is 490. The number of likely N-dealkylation sites (tertiary alicyclic amines) is 1. The molecule has 20 heavy (non-hydrogen) atoms. The van der Waals surface area contributed by atoms with Gasteiger partial charge in [-0.2, -0.15) is 0 Å². The van der Waals surface area contributed by atoms with Gasteiger partial charge in [-0.15, -0.1) is 11.3 Å². The van der Waals surface area contributed by atoms with Crippen LogP contribution in [0.5, 0.6) is 0 Å². The number of nitrogens with two attached hydrogens (primary N) is 1. The summed E-state index contributed by atoms with van der Waals surface area (Å²) in [4.78, 5) is 25.4. The van der Waals surface area contributed by atoms with Gasteiger partial charge < -0.3 is 11.1 Å². The number of nitrogens with zero attached hydrogens (tertiary/aromatic N) is 1. The zero-order valence-corrected chi connectivity index (χ0v) is 12.7. The van der Waals surface area contributed by atoms with Gasteiger partial charge in [0.15, 0.2) is 0 Å². The lowest BCUT2D eigenvalue weighted by molar-refractivity contribution is -0.117. The van der Waals surface area contributed by atoms with E-state index in [-0.39, 0.29) is 5.91 Å². The van der Waals surface area contributed by atoms with E-state index in [9.17, 15) is 9.59 Å². The summed E-state index contributed by atoms with van der Waals surface area (Å²) in [6, 6.07) is 1.63. The molecule has 110 valence electrons. The molecule has 1 saturated heterocycles. The smallest absolute Gasteiger partial charge is 0.251 e. The van der Waals surface area contributed by atoms with Gasteiger partial charge in [-0.05, 0) is 29.7 Å². The van der Waals surface area contributed by atoms with Crippen molar-refractivity contribution in [1.82, 2.24) is 4.90 Å². The molecular formula is C14H21N3O2S. The third kappa shape index (κ3) is 3.80. The molecule has 0 spiro atoms. The maximum atomic E-state index is 12.1. The lowest BCUT2D eigenvalue weighted by atomic mass is 9.92. The van der Waals surface area contributed by atoms with Crippen molar-refractivity contribution in [3.8, 4) is 0 Å². The highest BCUT2D eigenvalue weighted by molar-refractivity contribution is 7.14. The summed E-state index contributed by atoms with van der Waals surface area (Å²) in [5.74, 6) is 0.641. The summed E-state index contributed by atoms with van der Waals surface area (Å²) in [6.45, 7) is 6.69. The van der Waals surface area contributed by atoms with Crippen LogP contribution in [0, 0.1) is 11.8 Å². The summed E-state index contributed by atoms with van der Waals surface area (Å²) in [6.07, 6.45) is 1.22. The summed E-state index contributed by atoms with van der Waals surface area (Å²) >= 11 is 1.32. The molecule has 1 fully saturated rings. The maximum Gasteiger partial charge on any atom is 0.251 e. The second-order valence-corrected chi connectivity index (χ2v) is 6.63. The normalized spacial score (nSPS) is 23.5. The quantitative estimate of drug-likeness (QED) is 0.889. The predicted octanol–water partition coefficient (Wildman–Crippen LogP) is 1.76. The molecule has 0 bridgehead atoms. The van der Waals surface area contributed by atoms with Crippen molar-refractivity contribution >= 4 is 28.2 Å². The van der Waals surface area contributed by atoms with E-state index >= 15 is 0 Å². The van der Waals surface area contributed by atoms with Gasteiger partial charge in [-0.25, -0.2) is 0 Å². The minimum Gasteiger partial charge on any atom is -0.366 e. The van der Waals surface area contributed by atoms with Crippen LogP contribution in [-0.4, -0.2) is 36.3 Å². The summed E-state index contributed by atoms with van der Waals surface area (Å²) in [5.41, 5.74) is 5.64. The van der Waals surface area contributed by atoms with E-state index in [1.54, 1.807) is 11.4 Å². The topological polar surface area (TPSA) is 75.4 Å². The monoisotopic (exact) mass is 295 g/mol. The Kier molecular flexibility index (Phi) is 4.77. The number of carbonyl (C=O) groups excluding carboxylic acids is 2. The number of primary amides is 1. The molecule has 1 aromatic heterocycles. The van der Waals surface area contributed by atoms with Crippen LogP contribution in [0.4, 0.5) is 5.00 Å². The van der Waals surface area contributed by atoms with Crippen LogP contribution in [0.1, 0.15) is 30.6 Å². The molecule has 0 saturated carbocycles. The SMILES string of the molecule is C[C@@H]1C[C@H](C)CN(CC(=O)Nc2sccc2C(N)=O)C1. The van der Waals surface area contributed by atoms with E-state index in [0.717, 1.165) is 13.1 Å². The van der Waals surface area contributed by atoms with Gasteiger partial charge in [-0.3, -0.25) is 14.5 Å². The zero-order chi connectivity index (χ0) is 14.7. The number of rotatable bonds is 4. The van der Waals surface area contributed by atoms with E-state index in [1.807, 2.05) is 0 Å². The molecule has 2 atom stereocenters. The number of nitrogens with one attached hydrogen (secondary N) is 1. The first kappa shape index (κ1) is 15.0. The molecule has 5 nitrogen and oxygen atoms in total. The molecule has 1 aliphatic rings. The molecule has 0 unspecified atom stereocenters. The largest absolute Gasteiger partial charge is 0.366 e. The van der Waals surface area contributed by atoms with Gasteiger partial charge in [-0.1, -0.05) is 13.8 Å². The van der Waals surface area contributed by atoms with Crippen LogP contribution >= 0.6 is 11.3 Å². The molecule has 2 amide bonds. The van der Waals surface area contributed by atoms with E-state index in [0.29, 0.717) is 28.9 Å². The fourth-order valence-electron chi connectivity index (χ4n) is 2.89. The summed E-state index contributed by atoms with van der Waals surface area (Å²) in [5, 5.41) is 5.08. The van der Waals surface area contributed by atoms with Crippen LogP contribution < -0.4 is 11.1 Å². The summed E-state index contributed by atoms with van der Waals surface area (Å²) < 4.78 is 0. The molecule has 6 heteroatoms. The van der Waals surface area contributed by atoms with E-state index in [4.69, 9.17) is 5.73 Å². The summed E-state index contributed by atoms with van der Waals surface area (Å²) in [7, 11) is 0. The lowest BCUT2D eigenvalue weighted by Gasteiger charge is -2.34. The Labute approximate surface area is 123 Å². The zero-order valence-electron chi connectivity index (χ0n) is 11.9. The average molecular weight is 295 g/mol. The van der Waals surface area contributed by atoms with Gasteiger partial charge in [0.1, 0.15) is 5.00 Å². The van der Waals surface area contributed by atoms with Crippen LogP contribution in [0.15, 0.2) is 11.4 Å². The Balaban J connectivity index is 1.92. The number of thiophene rings is 1. The molecular weight excluding hydrogens is 274 g/mol. The van der Waals surface area contributed by atoms with Gasteiger partial charge in [0.25, 0.3) is 5.91 Å². The Morgan fingerprint density at radius 3 is 2.65 bits per heavy atom. The third-order valence-corrected chi connectivity index (χ3v) is 4.33. The highest BCUT2D eigenvalue weighted by Gasteiger charge is 2.23. The Morgan fingerprint density at radius 2 is 2.05 bits per heavy atom. The van der Waals surface area contributed by atoms with Crippen LogP contribution in [0.2, 0.25) is 0 Å². The average Bonchev–Trinajstić information content (AvgIpc) is 2.75. The number of amides is 2. The molecule has 1 aromatic rings. The number of anilines is 1. The lowest BCUT2D eigenvalue weighted by Crippen LogP contribution is -2.42. The van der Waals surface area contributed by atoms with Crippen molar-refractivity contribution in [2.45, 2.75) is 20.3 Å². The predicted molar refractivity (Wildman–Crippen MR) is 80.9 cm³/mol. The second-order valence-electron chi connectivity index (χ2n) is 5.72. The van der Waals surface area contributed by atoms with Crippen LogP contribution in [0.25, 0.3) is 0 Å². The molecule has 1 aliphatic heterocycles. The van der Waals surface area contributed by atoms with Crippen molar-refractivity contribution in [1.29, 1.82) is 0 Å². The van der Waals surface area contributed by atoms with Gasteiger partial charge >= 0.3 is 0 Å². The fourth-order valence-corrected chi connectivity index (χ4v) is 3.70.